The van der Waals surface area contributed by atoms with Gasteiger partial charge in [0.05, 0.1) is 6.10 Å². The van der Waals surface area contributed by atoms with Gasteiger partial charge in [-0.3, -0.25) is 4.79 Å². The predicted octanol–water partition coefficient (Wildman–Crippen LogP) is 1.40. The number of carbonyl (C=O) groups is 2. The lowest BCUT2D eigenvalue weighted by molar-refractivity contribution is -0.137. The summed E-state index contributed by atoms with van der Waals surface area (Å²) in [6.45, 7) is 5.93. The molecule has 0 aromatic carbocycles. The summed E-state index contributed by atoms with van der Waals surface area (Å²) >= 11 is 0. The van der Waals surface area contributed by atoms with E-state index in [1.54, 1.807) is 4.90 Å². The van der Waals surface area contributed by atoms with E-state index in [-0.39, 0.29) is 18.7 Å². The second-order valence-corrected chi connectivity index (χ2v) is 4.77. The van der Waals surface area contributed by atoms with Gasteiger partial charge in [-0.15, -0.1) is 0 Å². The highest BCUT2D eigenvalue weighted by atomic mass is 16.5. The van der Waals surface area contributed by atoms with E-state index in [0.717, 1.165) is 25.9 Å². The van der Waals surface area contributed by atoms with Crippen LogP contribution in [0.25, 0.3) is 0 Å². The lowest BCUT2D eigenvalue weighted by Crippen LogP contribution is -2.47. The lowest BCUT2D eigenvalue weighted by Gasteiger charge is -2.30. The summed E-state index contributed by atoms with van der Waals surface area (Å²) in [7, 11) is 0. The van der Waals surface area contributed by atoms with Crippen molar-refractivity contribution >= 4 is 12.0 Å². The molecule has 0 aromatic heterocycles. The van der Waals surface area contributed by atoms with Gasteiger partial charge in [-0.05, 0) is 26.2 Å². The van der Waals surface area contributed by atoms with Crippen molar-refractivity contribution in [2.45, 2.75) is 39.2 Å². The lowest BCUT2D eigenvalue weighted by atomic mass is 10.2. The van der Waals surface area contributed by atoms with Crippen molar-refractivity contribution in [2.75, 3.05) is 32.8 Å². The molecule has 0 saturated carbocycles. The van der Waals surface area contributed by atoms with Crippen LogP contribution in [0.2, 0.25) is 0 Å². The van der Waals surface area contributed by atoms with Gasteiger partial charge in [-0.2, -0.15) is 0 Å². The van der Waals surface area contributed by atoms with Gasteiger partial charge in [0.1, 0.15) is 6.54 Å². The van der Waals surface area contributed by atoms with Gasteiger partial charge in [0.2, 0.25) is 0 Å². The van der Waals surface area contributed by atoms with Gasteiger partial charge < -0.3 is 19.6 Å². The highest BCUT2D eigenvalue weighted by Gasteiger charge is 2.25. The first kappa shape index (κ1) is 15.8. The Morgan fingerprint density at radius 1 is 1.32 bits per heavy atom. The topological polar surface area (TPSA) is 70.1 Å². The van der Waals surface area contributed by atoms with Crippen LogP contribution in [0.15, 0.2) is 0 Å². The smallest absolute Gasteiger partial charge is 0.323 e. The quantitative estimate of drug-likeness (QED) is 0.760. The average molecular weight is 272 g/mol. The summed E-state index contributed by atoms with van der Waals surface area (Å²) < 4.78 is 5.53. The Hall–Kier alpha value is -1.30. The molecule has 0 bridgehead atoms. The summed E-state index contributed by atoms with van der Waals surface area (Å²) in [5, 5.41) is 8.86. The van der Waals surface area contributed by atoms with Crippen molar-refractivity contribution in [3.8, 4) is 0 Å². The van der Waals surface area contributed by atoms with Crippen LogP contribution in [0.5, 0.6) is 0 Å². The molecule has 1 aliphatic rings. The SMILES string of the molecule is CCCN(CC(=O)O)C(=O)N(CC)CC1CCCO1. The second kappa shape index (κ2) is 7.99. The first-order chi connectivity index (χ1) is 9.08. The molecule has 6 nitrogen and oxygen atoms in total. The number of carbonyl (C=O) groups excluding carboxylic acids is 1. The van der Waals surface area contributed by atoms with Crippen LogP contribution in [0.4, 0.5) is 4.79 Å². The third kappa shape index (κ3) is 5.06. The molecule has 1 atom stereocenters. The summed E-state index contributed by atoms with van der Waals surface area (Å²) in [5.41, 5.74) is 0. The van der Waals surface area contributed by atoms with Crippen molar-refractivity contribution in [2.24, 2.45) is 0 Å². The number of carboxylic acids is 1. The predicted molar refractivity (Wildman–Crippen MR) is 71.1 cm³/mol. The van der Waals surface area contributed by atoms with Gasteiger partial charge in [0.25, 0.3) is 0 Å². The number of ether oxygens (including phenoxy) is 1. The number of aliphatic carboxylic acids is 1. The maximum atomic E-state index is 12.3. The summed E-state index contributed by atoms with van der Waals surface area (Å²) in [6.07, 6.45) is 2.84. The van der Waals surface area contributed by atoms with Crippen LogP contribution in [-0.4, -0.2) is 65.8 Å². The van der Waals surface area contributed by atoms with E-state index in [9.17, 15) is 9.59 Å². The number of amides is 2. The third-order valence-electron chi connectivity index (χ3n) is 3.19. The molecule has 2 amide bonds. The molecular weight excluding hydrogens is 248 g/mol. The van der Waals surface area contributed by atoms with Gasteiger partial charge in [-0.1, -0.05) is 6.92 Å². The Morgan fingerprint density at radius 3 is 2.53 bits per heavy atom. The van der Waals surface area contributed by atoms with E-state index >= 15 is 0 Å². The normalized spacial score (nSPS) is 18.3. The van der Waals surface area contributed by atoms with Crippen molar-refractivity contribution < 1.29 is 19.4 Å². The van der Waals surface area contributed by atoms with E-state index in [1.165, 1.54) is 4.90 Å². The molecule has 6 heteroatoms. The van der Waals surface area contributed by atoms with Gasteiger partial charge in [-0.25, -0.2) is 4.79 Å². The minimum atomic E-state index is -0.977. The fraction of sp³-hybridized carbons (Fsp3) is 0.846. The fourth-order valence-electron chi connectivity index (χ4n) is 2.25. The molecule has 0 spiro atoms. The highest BCUT2D eigenvalue weighted by molar-refractivity contribution is 5.80. The molecule has 0 aliphatic carbocycles. The van der Waals surface area contributed by atoms with Gasteiger partial charge in [0, 0.05) is 26.2 Å². The minimum Gasteiger partial charge on any atom is -0.480 e. The Labute approximate surface area is 114 Å². The number of rotatable bonds is 7. The maximum absolute atomic E-state index is 12.3. The summed E-state index contributed by atoms with van der Waals surface area (Å²) in [5.74, 6) is -0.977. The Kier molecular flexibility index (Phi) is 6.62. The molecular formula is C13H24N2O4. The van der Waals surface area contributed by atoms with Crippen LogP contribution in [-0.2, 0) is 9.53 Å². The minimum absolute atomic E-state index is 0.0946. The molecule has 1 aliphatic heterocycles. The molecule has 0 aromatic rings. The molecule has 1 unspecified atom stereocenters. The van der Waals surface area contributed by atoms with Crippen LogP contribution in [0.3, 0.4) is 0 Å². The zero-order valence-electron chi connectivity index (χ0n) is 11.8. The fourth-order valence-corrected chi connectivity index (χ4v) is 2.25. The standard InChI is InChI=1S/C13H24N2O4/c1-3-7-15(10-12(16)17)13(18)14(4-2)9-11-6-5-8-19-11/h11H,3-10H2,1-2H3,(H,16,17). The number of hydrogen-bond donors (Lipinski definition) is 1. The molecule has 1 saturated heterocycles. The zero-order chi connectivity index (χ0) is 14.3. The van der Waals surface area contributed by atoms with Gasteiger partial charge in [0.15, 0.2) is 0 Å². The maximum Gasteiger partial charge on any atom is 0.323 e. The van der Waals surface area contributed by atoms with Crippen LogP contribution in [0.1, 0.15) is 33.1 Å². The molecule has 110 valence electrons. The molecule has 0 radical (unpaired) electrons. The van der Waals surface area contributed by atoms with E-state index < -0.39 is 5.97 Å². The van der Waals surface area contributed by atoms with Crippen molar-refractivity contribution in [1.82, 2.24) is 9.80 Å². The monoisotopic (exact) mass is 272 g/mol. The van der Waals surface area contributed by atoms with E-state index in [0.29, 0.717) is 19.6 Å². The number of likely N-dealkylation sites (N-methyl/N-ethyl adjacent to an activating group) is 1. The zero-order valence-corrected chi connectivity index (χ0v) is 11.8. The summed E-state index contributed by atoms with van der Waals surface area (Å²) in [4.78, 5) is 26.2. The first-order valence-electron chi connectivity index (χ1n) is 6.95. The Balaban J connectivity index is 2.59. The number of nitrogens with zero attached hydrogens (tertiary/aromatic N) is 2. The average Bonchev–Trinajstić information content (AvgIpc) is 2.87. The third-order valence-corrected chi connectivity index (χ3v) is 3.19. The van der Waals surface area contributed by atoms with Gasteiger partial charge >= 0.3 is 12.0 Å². The molecule has 1 rings (SSSR count). The first-order valence-corrected chi connectivity index (χ1v) is 6.95. The number of carboxylic acid groups (broad SMARTS) is 1. The van der Waals surface area contributed by atoms with Crippen LogP contribution < -0.4 is 0 Å². The van der Waals surface area contributed by atoms with E-state index in [1.807, 2.05) is 13.8 Å². The molecule has 19 heavy (non-hydrogen) atoms. The van der Waals surface area contributed by atoms with Crippen molar-refractivity contribution in [1.29, 1.82) is 0 Å². The van der Waals surface area contributed by atoms with Crippen LogP contribution >= 0.6 is 0 Å². The number of urea groups is 1. The Morgan fingerprint density at radius 2 is 2.05 bits per heavy atom. The van der Waals surface area contributed by atoms with Crippen molar-refractivity contribution in [3.05, 3.63) is 0 Å². The highest BCUT2D eigenvalue weighted by Crippen LogP contribution is 2.14. The van der Waals surface area contributed by atoms with E-state index in [2.05, 4.69) is 0 Å². The Bertz CT molecular complexity index is 303. The van der Waals surface area contributed by atoms with E-state index in [4.69, 9.17) is 9.84 Å². The largest absolute Gasteiger partial charge is 0.480 e. The van der Waals surface area contributed by atoms with Crippen molar-refractivity contribution in [3.63, 3.8) is 0 Å². The summed E-state index contributed by atoms with van der Waals surface area (Å²) in [6, 6.07) is -0.206. The second-order valence-electron chi connectivity index (χ2n) is 4.77. The molecule has 1 heterocycles. The molecule has 1 fully saturated rings. The number of hydrogen-bond acceptors (Lipinski definition) is 3. The van der Waals surface area contributed by atoms with Crippen LogP contribution in [0, 0.1) is 0 Å². The molecule has 1 N–H and O–H groups in total.